The molecule has 0 unspecified atom stereocenters. The van der Waals surface area contributed by atoms with Gasteiger partial charge in [-0.05, 0) is 18.9 Å². The highest BCUT2D eigenvalue weighted by Gasteiger charge is 2.09. The van der Waals surface area contributed by atoms with Gasteiger partial charge in [0.15, 0.2) is 0 Å². The third-order valence-corrected chi connectivity index (χ3v) is 2.42. The normalized spacial score (nSPS) is 10.5. The lowest BCUT2D eigenvalue weighted by Gasteiger charge is -2.11. The number of carbonyl (C=O) groups is 1. The van der Waals surface area contributed by atoms with Crippen molar-refractivity contribution in [1.82, 2.24) is 10.3 Å². The fourth-order valence-electron chi connectivity index (χ4n) is 1.57. The second kappa shape index (κ2) is 8.48. The number of ether oxygens (including phenoxy) is 1. The first-order valence-electron chi connectivity index (χ1n) is 6.69. The van der Waals surface area contributed by atoms with Gasteiger partial charge >= 0.3 is 0 Å². The molecule has 0 atom stereocenters. The molecule has 2 N–H and O–H groups in total. The van der Waals surface area contributed by atoms with Gasteiger partial charge < -0.3 is 15.4 Å². The van der Waals surface area contributed by atoms with E-state index in [4.69, 9.17) is 4.74 Å². The van der Waals surface area contributed by atoms with Crippen molar-refractivity contribution in [3.05, 3.63) is 24.0 Å². The predicted molar refractivity (Wildman–Crippen MR) is 76.4 cm³/mol. The summed E-state index contributed by atoms with van der Waals surface area (Å²) >= 11 is 0. The molecule has 0 spiro atoms. The van der Waals surface area contributed by atoms with Crippen LogP contribution >= 0.6 is 0 Å². The summed E-state index contributed by atoms with van der Waals surface area (Å²) < 4.78 is 5.42. The largest absolute Gasteiger partial charge is 0.383 e. The number of anilines is 1. The third-order valence-electron chi connectivity index (χ3n) is 2.42. The Kier molecular flexibility index (Phi) is 6.89. The molecule has 106 valence electrons. The van der Waals surface area contributed by atoms with Gasteiger partial charge in [-0.25, -0.2) is 0 Å². The number of hydrogen-bond donors (Lipinski definition) is 2. The van der Waals surface area contributed by atoms with Crippen molar-refractivity contribution in [3.8, 4) is 0 Å². The molecule has 19 heavy (non-hydrogen) atoms. The Labute approximate surface area is 114 Å². The lowest BCUT2D eigenvalue weighted by atomic mass is 10.2. The van der Waals surface area contributed by atoms with Crippen molar-refractivity contribution in [2.75, 3.05) is 31.6 Å². The minimum absolute atomic E-state index is 0.105. The highest BCUT2D eigenvalue weighted by molar-refractivity contribution is 5.99. The standard InChI is InChI=1S/C14H23N3O2/c1-4-16-13-9-15-6-5-12(13)14(18)17-7-8-19-10-11(2)3/h5-6,9,11,16H,4,7-8,10H2,1-3H3,(H,17,18). The summed E-state index contributed by atoms with van der Waals surface area (Å²) in [7, 11) is 0. The first kappa shape index (κ1) is 15.4. The van der Waals surface area contributed by atoms with Gasteiger partial charge in [0.1, 0.15) is 0 Å². The Balaban J connectivity index is 2.41. The monoisotopic (exact) mass is 265 g/mol. The smallest absolute Gasteiger partial charge is 0.253 e. The summed E-state index contributed by atoms with van der Waals surface area (Å²) in [6, 6.07) is 1.71. The van der Waals surface area contributed by atoms with Gasteiger partial charge in [0.2, 0.25) is 0 Å². The first-order valence-corrected chi connectivity index (χ1v) is 6.69. The molecule has 5 nitrogen and oxygen atoms in total. The Bertz CT molecular complexity index is 394. The average molecular weight is 265 g/mol. The zero-order valence-corrected chi connectivity index (χ0v) is 11.9. The van der Waals surface area contributed by atoms with E-state index in [0.29, 0.717) is 31.2 Å². The van der Waals surface area contributed by atoms with Crippen LogP contribution in [0.4, 0.5) is 5.69 Å². The van der Waals surface area contributed by atoms with Crippen LogP contribution in [0.25, 0.3) is 0 Å². The van der Waals surface area contributed by atoms with E-state index in [1.54, 1.807) is 18.5 Å². The molecular formula is C14H23N3O2. The van der Waals surface area contributed by atoms with Crippen molar-refractivity contribution < 1.29 is 9.53 Å². The van der Waals surface area contributed by atoms with Gasteiger partial charge in [0.05, 0.1) is 24.1 Å². The van der Waals surface area contributed by atoms with Crippen LogP contribution in [0.5, 0.6) is 0 Å². The third kappa shape index (κ3) is 5.70. The zero-order chi connectivity index (χ0) is 14.1. The molecule has 5 heteroatoms. The van der Waals surface area contributed by atoms with E-state index < -0.39 is 0 Å². The molecule has 1 amide bonds. The molecule has 0 fully saturated rings. The van der Waals surface area contributed by atoms with Crippen molar-refractivity contribution in [3.63, 3.8) is 0 Å². The maximum absolute atomic E-state index is 12.0. The van der Waals surface area contributed by atoms with Crippen LogP contribution in [0.15, 0.2) is 18.5 Å². The van der Waals surface area contributed by atoms with E-state index in [0.717, 1.165) is 12.2 Å². The van der Waals surface area contributed by atoms with E-state index in [1.807, 2.05) is 6.92 Å². The Morgan fingerprint density at radius 3 is 2.95 bits per heavy atom. The molecule has 0 bridgehead atoms. The highest BCUT2D eigenvalue weighted by Crippen LogP contribution is 2.12. The van der Waals surface area contributed by atoms with Gasteiger partial charge in [-0.15, -0.1) is 0 Å². The molecular weight excluding hydrogens is 242 g/mol. The fraction of sp³-hybridized carbons (Fsp3) is 0.571. The fourth-order valence-corrected chi connectivity index (χ4v) is 1.57. The van der Waals surface area contributed by atoms with Crippen LogP contribution in [0, 0.1) is 5.92 Å². The van der Waals surface area contributed by atoms with Crippen LogP contribution in [-0.4, -0.2) is 37.2 Å². The molecule has 1 aromatic heterocycles. The second-order valence-electron chi connectivity index (χ2n) is 4.68. The summed E-state index contributed by atoms with van der Waals surface area (Å²) in [6.07, 6.45) is 3.28. The van der Waals surface area contributed by atoms with E-state index in [2.05, 4.69) is 29.5 Å². The molecule has 0 aliphatic carbocycles. The van der Waals surface area contributed by atoms with Crippen LogP contribution in [0.1, 0.15) is 31.1 Å². The van der Waals surface area contributed by atoms with E-state index in [1.165, 1.54) is 0 Å². The van der Waals surface area contributed by atoms with E-state index >= 15 is 0 Å². The number of rotatable bonds is 8. The first-order chi connectivity index (χ1) is 9.15. The van der Waals surface area contributed by atoms with Crippen molar-refractivity contribution >= 4 is 11.6 Å². The number of nitrogens with zero attached hydrogens (tertiary/aromatic N) is 1. The maximum Gasteiger partial charge on any atom is 0.253 e. The van der Waals surface area contributed by atoms with Gasteiger partial charge in [-0.3, -0.25) is 9.78 Å². The predicted octanol–water partition coefficient (Wildman–Crippen LogP) is 1.92. The minimum Gasteiger partial charge on any atom is -0.383 e. The number of pyridine rings is 1. The van der Waals surface area contributed by atoms with Crippen LogP contribution in [-0.2, 0) is 4.74 Å². The number of carbonyl (C=O) groups excluding carboxylic acids is 1. The summed E-state index contributed by atoms with van der Waals surface area (Å²) in [4.78, 5) is 16.0. The lowest BCUT2D eigenvalue weighted by Crippen LogP contribution is -2.28. The van der Waals surface area contributed by atoms with Crippen LogP contribution < -0.4 is 10.6 Å². The summed E-state index contributed by atoms with van der Waals surface area (Å²) in [5.74, 6) is 0.405. The van der Waals surface area contributed by atoms with Crippen molar-refractivity contribution in [2.24, 2.45) is 5.92 Å². The number of nitrogens with one attached hydrogen (secondary N) is 2. The van der Waals surface area contributed by atoms with E-state index in [9.17, 15) is 4.79 Å². The van der Waals surface area contributed by atoms with Gasteiger partial charge in [-0.2, -0.15) is 0 Å². The number of amides is 1. The Hall–Kier alpha value is -1.62. The molecule has 1 aromatic rings. The van der Waals surface area contributed by atoms with Crippen LogP contribution in [0.2, 0.25) is 0 Å². The minimum atomic E-state index is -0.105. The zero-order valence-electron chi connectivity index (χ0n) is 11.9. The molecule has 0 aliphatic heterocycles. The van der Waals surface area contributed by atoms with Gasteiger partial charge in [0, 0.05) is 25.9 Å². The Morgan fingerprint density at radius 2 is 2.26 bits per heavy atom. The van der Waals surface area contributed by atoms with Crippen molar-refractivity contribution in [2.45, 2.75) is 20.8 Å². The summed E-state index contributed by atoms with van der Waals surface area (Å²) in [5.41, 5.74) is 1.37. The number of hydrogen-bond acceptors (Lipinski definition) is 4. The Morgan fingerprint density at radius 1 is 1.47 bits per heavy atom. The van der Waals surface area contributed by atoms with Gasteiger partial charge in [0.25, 0.3) is 5.91 Å². The SMILES string of the molecule is CCNc1cnccc1C(=O)NCCOCC(C)C. The molecule has 0 aromatic carbocycles. The highest BCUT2D eigenvalue weighted by atomic mass is 16.5. The lowest BCUT2D eigenvalue weighted by molar-refractivity contribution is 0.0887. The molecule has 0 saturated carbocycles. The van der Waals surface area contributed by atoms with Crippen molar-refractivity contribution in [1.29, 1.82) is 0 Å². The summed E-state index contributed by atoms with van der Waals surface area (Å²) in [6.45, 7) is 8.69. The molecule has 0 aliphatic rings. The molecule has 1 heterocycles. The molecule has 0 radical (unpaired) electrons. The van der Waals surface area contributed by atoms with Crippen LogP contribution in [0.3, 0.4) is 0 Å². The molecule has 1 rings (SSSR count). The second-order valence-corrected chi connectivity index (χ2v) is 4.68. The van der Waals surface area contributed by atoms with Gasteiger partial charge in [-0.1, -0.05) is 13.8 Å². The average Bonchev–Trinajstić information content (AvgIpc) is 2.39. The topological polar surface area (TPSA) is 63.2 Å². The quantitative estimate of drug-likeness (QED) is 0.705. The maximum atomic E-state index is 12.0. The number of aromatic nitrogens is 1. The molecule has 0 saturated heterocycles. The van der Waals surface area contributed by atoms with E-state index in [-0.39, 0.29) is 5.91 Å². The summed E-state index contributed by atoms with van der Waals surface area (Å²) in [5, 5.41) is 5.96.